The molecule has 8 heteroatoms. The number of anilines is 1. The zero-order valence-electron chi connectivity index (χ0n) is 15.9. The smallest absolute Gasteiger partial charge is 0.252 e. The van der Waals surface area contributed by atoms with Crippen molar-refractivity contribution in [2.45, 2.75) is 45.7 Å². The molecular weight excluding hydrogens is 362 g/mol. The number of hydrogen-bond donors (Lipinski definition) is 2. The molecule has 3 rings (SSSR count). The number of aromatic nitrogens is 4. The van der Waals surface area contributed by atoms with Crippen molar-refractivity contribution in [2.24, 2.45) is 0 Å². The normalized spacial score (nSPS) is 11.1. The molecule has 0 aliphatic rings. The standard InChI is InChI=1S/C19H23N5O2S/c1-5-6-14-9-15(25)21-18-22-23-19(24(14)18)27-10-16(26)20-17-12(3)7-11(2)8-13(17)4/h7-9H,5-6,10H2,1-4H3,(H,20,26)(H,21,22,25). The Bertz CT molecular complexity index is 1030. The van der Waals surface area contributed by atoms with Crippen molar-refractivity contribution in [3.63, 3.8) is 0 Å². The number of nitrogens with zero attached hydrogens (tertiary/aromatic N) is 3. The van der Waals surface area contributed by atoms with Gasteiger partial charge in [0, 0.05) is 17.4 Å². The number of benzene rings is 1. The molecule has 0 aliphatic heterocycles. The molecule has 1 aromatic carbocycles. The maximum atomic E-state index is 12.5. The lowest BCUT2D eigenvalue weighted by atomic mass is 10.1. The van der Waals surface area contributed by atoms with Gasteiger partial charge < -0.3 is 5.32 Å². The summed E-state index contributed by atoms with van der Waals surface area (Å²) in [6.07, 6.45) is 1.63. The van der Waals surface area contributed by atoms with Gasteiger partial charge in [0.15, 0.2) is 5.16 Å². The number of aromatic amines is 1. The maximum Gasteiger partial charge on any atom is 0.252 e. The van der Waals surface area contributed by atoms with Crippen LogP contribution in [0.3, 0.4) is 0 Å². The number of carbonyl (C=O) groups is 1. The van der Waals surface area contributed by atoms with Crippen molar-refractivity contribution in [3.05, 3.63) is 50.9 Å². The highest BCUT2D eigenvalue weighted by Gasteiger charge is 2.14. The van der Waals surface area contributed by atoms with Crippen LogP contribution in [0.1, 0.15) is 35.7 Å². The summed E-state index contributed by atoms with van der Waals surface area (Å²) in [5.74, 6) is 0.505. The van der Waals surface area contributed by atoms with E-state index in [0.717, 1.165) is 35.3 Å². The first-order valence-corrected chi connectivity index (χ1v) is 9.85. The van der Waals surface area contributed by atoms with Gasteiger partial charge in [0.05, 0.1) is 5.75 Å². The van der Waals surface area contributed by atoms with Gasteiger partial charge in [-0.05, 0) is 38.3 Å². The molecule has 0 fully saturated rings. The first kappa shape index (κ1) is 19.2. The minimum Gasteiger partial charge on any atom is -0.325 e. The van der Waals surface area contributed by atoms with Crippen molar-refractivity contribution >= 4 is 29.1 Å². The molecular formula is C19H23N5O2S. The minimum atomic E-state index is -0.196. The molecule has 2 aromatic heterocycles. The van der Waals surface area contributed by atoms with Crippen LogP contribution in [0.4, 0.5) is 5.69 Å². The molecule has 1 amide bonds. The van der Waals surface area contributed by atoms with Gasteiger partial charge in [0.2, 0.25) is 11.7 Å². The zero-order chi connectivity index (χ0) is 19.6. The summed E-state index contributed by atoms with van der Waals surface area (Å²) >= 11 is 1.30. The Labute approximate surface area is 161 Å². The largest absolute Gasteiger partial charge is 0.325 e. The van der Waals surface area contributed by atoms with E-state index in [1.165, 1.54) is 17.3 Å². The topological polar surface area (TPSA) is 92.2 Å². The van der Waals surface area contributed by atoms with Crippen LogP contribution in [-0.2, 0) is 11.2 Å². The highest BCUT2D eigenvalue weighted by Crippen LogP contribution is 2.23. The molecule has 0 aliphatic carbocycles. The van der Waals surface area contributed by atoms with Crippen LogP contribution >= 0.6 is 11.8 Å². The number of aryl methyl sites for hydroxylation is 4. The summed E-state index contributed by atoms with van der Waals surface area (Å²) in [5.41, 5.74) is 4.76. The molecule has 2 N–H and O–H groups in total. The summed E-state index contributed by atoms with van der Waals surface area (Å²) in [5, 5.41) is 11.7. The van der Waals surface area contributed by atoms with E-state index in [1.54, 1.807) is 6.07 Å². The van der Waals surface area contributed by atoms with Gasteiger partial charge in [0.25, 0.3) is 5.56 Å². The molecule has 0 atom stereocenters. The van der Waals surface area contributed by atoms with E-state index in [0.29, 0.717) is 10.9 Å². The van der Waals surface area contributed by atoms with Crippen molar-refractivity contribution < 1.29 is 4.79 Å². The first-order valence-electron chi connectivity index (χ1n) is 8.87. The number of H-pyrrole nitrogens is 1. The fourth-order valence-corrected chi connectivity index (χ4v) is 3.95. The Balaban J connectivity index is 1.77. The van der Waals surface area contributed by atoms with Crippen LogP contribution in [0, 0.1) is 20.8 Å². The zero-order valence-corrected chi connectivity index (χ0v) is 16.7. The summed E-state index contributed by atoms with van der Waals surface area (Å²) < 4.78 is 1.81. The van der Waals surface area contributed by atoms with Crippen molar-refractivity contribution in [1.29, 1.82) is 0 Å². The van der Waals surface area contributed by atoms with Gasteiger partial charge >= 0.3 is 0 Å². The second kappa shape index (κ2) is 7.96. The SMILES string of the molecule is CCCc1cc(=O)[nH]c2nnc(SCC(=O)Nc3c(C)cc(C)cc3C)n12. The average Bonchev–Trinajstić information content (AvgIpc) is 2.99. The molecule has 3 aromatic rings. The highest BCUT2D eigenvalue weighted by atomic mass is 32.2. The summed E-state index contributed by atoms with van der Waals surface area (Å²) in [6.45, 7) is 8.06. The molecule has 2 heterocycles. The average molecular weight is 385 g/mol. The molecule has 27 heavy (non-hydrogen) atoms. The number of fused-ring (bicyclic) bond motifs is 1. The fourth-order valence-electron chi connectivity index (χ4n) is 3.19. The molecule has 142 valence electrons. The predicted molar refractivity (Wildman–Crippen MR) is 108 cm³/mol. The Kier molecular flexibility index (Phi) is 5.65. The Morgan fingerprint density at radius 1 is 1.19 bits per heavy atom. The number of thioether (sulfide) groups is 1. The number of amides is 1. The van der Waals surface area contributed by atoms with Gasteiger partial charge in [-0.15, -0.1) is 10.2 Å². The van der Waals surface area contributed by atoms with E-state index in [-0.39, 0.29) is 17.2 Å². The molecule has 0 saturated carbocycles. The van der Waals surface area contributed by atoms with E-state index in [4.69, 9.17) is 0 Å². The van der Waals surface area contributed by atoms with E-state index in [9.17, 15) is 9.59 Å². The molecule has 0 spiro atoms. The fraction of sp³-hybridized carbons (Fsp3) is 0.368. The van der Waals surface area contributed by atoms with E-state index < -0.39 is 0 Å². The number of carbonyl (C=O) groups excluding carboxylic acids is 1. The van der Waals surface area contributed by atoms with Crippen LogP contribution in [0.2, 0.25) is 0 Å². The predicted octanol–water partition coefficient (Wildman–Crippen LogP) is 3.03. The summed E-state index contributed by atoms with van der Waals surface area (Å²) in [4.78, 5) is 26.9. The molecule has 0 bridgehead atoms. The Morgan fingerprint density at radius 3 is 2.56 bits per heavy atom. The third-order valence-electron chi connectivity index (χ3n) is 4.23. The third-order valence-corrected chi connectivity index (χ3v) is 5.16. The second-order valence-electron chi connectivity index (χ2n) is 6.63. The Morgan fingerprint density at radius 2 is 1.89 bits per heavy atom. The van der Waals surface area contributed by atoms with Crippen LogP contribution in [0.25, 0.3) is 5.78 Å². The molecule has 0 radical (unpaired) electrons. The van der Waals surface area contributed by atoms with Crippen molar-refractivity contribution in [3.8, 4) is 0 Å². The minimum absolute atomic E-state index is 0.103. The van der Waals surface area contributed by atoms with Crippen LogP contribution in [0.15, 0.2) is 28.2 Å². The van der Waals surface area contributed by atoms with Crippen molar-refractivity contribution in [2.75, 3.05) is 11.1 Å². The van der Waals surface area contributed by atoms with Crippen molar-refractivity contribution in [1.82, 2.24) is 19.6 Å². The summed E-state index contributed by atoms with van der Waals surface area (Å²) in [6, 6.07) is 5.66. The molecule has 0 unspecified atom stereocenters. The lowest BCUT2D eigenvalue weighted by molar-refractivity contribution is -0.113. The van der Waals surface area contributed by atoms with Crippen LogP contribution in [-0.4, -0.2) is 31.2 Å². The molecule has 0 saturated heterocycles. The van der Waals surface area contributed by atoms with Gasteiger partial charge in [-0.2, -0.15) is 0 Å². The van der Waals surface area contributed by atoms with E-state index >= 15 is 0 Å². The number of nitrogens with one attached hydrogen (secondary N) is 2. The molecule has 7 nitrogen and oxygen atoms in total. The maximum absolute atomic E-state index is 12.5. The van der Waals surface area contributed by atoms with E-state index in [2.05, 4.69) is 32.6 Å². The van der Waals surface area contributed by atoms with E-state index in [1.807, 2.05) is 32.1 Å². The van der Waals surface area contributed by atoms with Crippen LogP contribution in [0.5, 0.6) is 0 Å². The quantitative estimate of drug-likeness (QED) is 0.636. The van der Waals surface area contributed by atoms with Gasteiger partial charge in [-0.1, -0.05) is 42.8 Å². The van der Waals surface area contributed by atoms with Crippen LogP contribution < -0.4 is 10.9 Å². The Hall–Kier alpha value is -2.61. The van der Waals surface area contributed by atoms with Gasteiger partial charge in [0.1, 0.15) is 0 Å². The first-order chi connectivity index (χ1) is 12.9. The second-order valence-corrected chi connectivity index (χ2v) is 7.57. The monoisotopic (exact) mass is 385 g/mol. The lowest BCUT2D eigenvalue weighted by Crippen LogP contribution is -2.16. The number of hydrogen-bond acceptors (Lipinski definition) is 5. The van der Waals surface area contributed by atoms with Gasteiger partial charge in [-0.3, -0.25) is 19.0 Å². The lowest BCUT2D eigenvalue weighted by Gasteiger charge is -2.12. The third kappa shape index (κ3) is 4.21. The number of rotatable bonds is 6. The summed E-state index contributed by atoms with van der Waals surface area (Å²) in [7, 11) is 0. The van der Waals surface area contributed by atoms with Gasteiger partial charge in [-0.25, -0.2) is 0 Å². The highest BCUT2D eigenvalue weighted by molar-refractivity contribution is 7.99.